The molecule has 0 bridgehead atoms. The summed E-state index contributed by atoms with van der Waals surface area (Å²) in [5, 5.41) is 11.0. The number of aliphatic carboxylic acids is 1. The molecule has 0 atom stereocenters. The fourth-order valence-electron chi connectivity index (χ4n) is 2.13. The Bertz CT molecular complexity index is 506. The van der Waals surface area contributed by atoms with Gasteiger partial charge in [0.15, 0.2) is 0 Å². The molecule has 1 aromatic carbocycles. The fraction of sp³-hybridized carbons (Fsp3) is 0.286. The number of benzene rings is 1. The molecular formula is C14H15NO3. The summed E-state index contributed by atoms with van der Waals surface area (Å²) in [6.07, 6.45) is 5.31. The highest BCUT2D eigenvalue weighted by atomic mass is 16.4. The molecule has 0 fully saturated rings. The number of carbonyl (C=O) groups is 2. The van der Waals surface area contributed by atoms with Gasteiger partial charge in [-0.15, -0.1) is 0 Å². The van der Waals surface area contributed by atoms with Gasteiger partial charge in [0, 0.05) is 18.7 Å². The zero-order valence-electron chi connectivity index (χ0n) is 9.98. The second-order valence-corrected chi connectivity index (χ2v) is 4.35. The first kappa shape index (κ1) is 12.4. The molecule has 0 radical (unpaired) electrons. The summed E-state index contributed by atoms with van der Waals surface area (Å²) in [5.41, 5.74) is 3.81. The molecule has 0 heterocycles. The van der Waals surface area contributed by atoms with Crippen molar-refractivity contribution in [2.75, 3.05) is 0 Å². The van der Waals surface area contributed by atoms with Crippen LogP contribution < -0.4 is 5.32 Å². The molecule has 18 heavy (non-hydrogen) atoms. The van der Waals surface area contributed by atoms with Crippen LogP contribution in [0.1, 0.15) is 23.1 Å². The molecule has 1 aromatic rings. The predicted octanol–water partition coefficient (Wildman–Crippen LogP) is 1.43. The molecule has 94 valence electrons. The average molecular weight is 245 g/mol. The molecule has 0 aliphatic heterocycles. The summed E-state index contributed by atoms with van der Waals surface area (Å²) in [5.74, 6) is -1.51. The highest BCUT2D eigenvalue weighted by Crippen LogP contribution is 2.22. The van der Waals surface area contributed by atoms with Crippen molar-refractivity contribution in [1.29, 1.82) is 0 Å². The van der Waals surface area contributed by atoms with E-state index in [4.69, 9.17) is 5.11 Å². The van der Waals surface area contributed by atoms with Crippen molar-refractivity contribution in [2.24, 2.45) is 0 Å². The molecule has 2 rings (SSSR count). The van der Waals surface area contributed by atoms with E-state index in [2.05, 4.69) is 17.4 Å². The number of hydrogen-bond donors (Lipinski definition) is 2. The number of aryl methyl sites for hydroxylation is 2. The molecule has 0 saturated carbocycles. The minimum absolute atomic E-state index is 0.391. The first-order chi connectivity index (χ1) is 8.65. The van der Waals surface area contributed by atoms with Crippen LogP contribution in [0.5, 0.6) is 0 Å². The third-order valence-corrected chi connectivity index (χ3v) is 3.01. The van der Waals surface area contributed by atoms with E-state index >= 15 is 0 Å². The Kier molecular flexibility index (Phi) is 3.77. The number of carboxylic acids is 1. The molecule has 0 unspecified atom stereocenters. The lowest BCUT2D eigenvalue weighted by Gasteiger charge is -2.05. The topological polar surface area (TPSA) is 66.4 Å². The van der Waals surface area contributed by atoms with Crippen LogP contribution in [-0.2, 0) is 29.0 Å². The summed E-state index contributed by atoms with van der Waals surface area (Å²) in [6, 6.07) is 6.23. The maximum absolute atomic E-state index is 11.3. The van der Waals surface area contributed by atoms with Gasteiger partial charge in [-0.1, -0.05) is 18.2 Å². The van der Waals surface area contributed by atoms with Gasteiger partial charge < -0.3 is 10.4 Å². The van der Waals surface area contributed by atoms with Crippen LogP contribution in [0.25, 0.3) is 0 Å². The van der Waals surface area contributed by atoms with Crippen molar-refractivity contribution in [1.82, 2.24) is 5.32 Å². The first-order valence-corrected chi connectivity index (χ1v) is 5.94. The number of carbonyl (C=O) groups excluding carboxylic acids is 1. The summed E-state index contributed by atoms with van der Waals surface area (Å²) in [6.45, 7) is 0.427. The van der Waals surface area contributed by atoms with Crippen molar-refractivity contribution < 1.29 is 14.7 Å². The molecule has 4 nitrogen and oxygen atoms in total. The monoisotopic (exact) mass is 245 g/mol. The third kappa shape index (κ3) is 3.20. The van der Waals surface area contributed by atoms with Crippen molar-refractivity contribution in [3.05, 3.63) is 47.0 Å². The fourth-order valence-corrected chi connectivity index (χ4v) is 2.13. The van der Waals surface area contributed by atoms with Crippen molar-refractivity contribution in [3.63, 3.8) is 0 Å². The van der Waals surface area contributed by atoms with Crippen LogP contribution in [0.4, 0.5) is 0 Å². The van der Waals surface area contributed by atoms with Gasteiger partial charge in [-0.3, -0.25) is 4.79 Å². The van der Waals surface area contributed by atoms with Gasteiger partial charge in [-0.05, 0) is 36.0 Å². The minimum Gasteiger partial charge on any atom is -0.478 e. The third-order valence-electron chi connectivity index (χ3n) is 3.01. The molecule has 2 N–H and O–H groups in total. The maximum atomic E-state index is 11.3. The Morgan fingerprint density at radius 2 is 2.00 bits per heavy atom. The van der Waals surface area contributed by atoms with Gasteiger partial charge >= 0.3 is 5.97 Å². The van der Waals surface area contributed by atoms with E-state index in [-0.39, 0.29) is 0 Å². The number of rotatable bonds is 4. The van der Waals surface area contributed by atoms with Crippen LogP contribution in [0.3, 0.4) is 0 Å². The van der Waals surface area contributed by atoms with Crippen LogP contribution >= 0.6 is 0 Å². The van der Waals surface area contributed by atoms with Crippen molar-refractivity contribution in [2.45, 2.75) is 25.8 Å². The van der Waals surface area contributed by atoms with Gasteiger partial charge in [0.05, 0.1) is 0 Å². The molecule has 1 amide bonds. The number of carboxylic acid groups (broad SMARTS) is 1. The summed E-state index contributed by atoms with van der Waals surface area (Å²) in [7, 11) is 0. The lowest BCUT2D eigenvalue weighted by atomic mass is 10.1. The van der Waals surface area contributed by atoms with Gasteiger partial charge in [-0.25, -0.2) is 4.79 Å². The van der Waals surface area contributed by atoms with Gasteiger partial charge in [0.2, 0.25) is 5.91 Å². The zero-order valence-corrected chi connectivity index (χ0v) is 9.98. The van der Waals surface area contributed by atoms with E-state index in [1.54, 1.807) is 0 Å². The molecule has 0 spiro atoms. The summed E-state index contributed by atoms with van der Waals surface area (Å²) >= 11 is 0. The summed E-state index contributed by atoms with van der Waals surface area (Å²) in [4.78, 5) is 21.5. The maximum Gasteiger partial charge on any atom is 0.328 e. The Morgan fingerprint density at radius 3 is 2.78 bits per heavy atom. The van der Waals surface area contributed by atoms with E-state index in [9.17, 15) is 9.59 Å². The van der Waals surface area contributed by atoms with Gasteiger partial charge in [0.25, 0.3) is 0 Å². The zero-order chi connectivity index (χ0) is 13.0. The largest absolute Gasteiger partial charge is 0.478 e. The summed E-state index contributed by atoms with van der Waals surface area (Å²) < 4.78 is 0. The van der Waals surface area contributed by atoms with E-state index < -0.39 is 11.9 Å². The van der Waals surface area contributed by atoms with E-state index in [0.717, 1.165) is 30.6 Å². The number of fused-ring (bicyclic) bond motifs is 1. The Balaban J connectivity index is 1.90. The predicted molar refractivity (Wildman–Crippen MR) is 67.1 cm³/mol. The lowest BCUT2D eigenvalue weighted by molar-refractivity contribution is -0.131. The van der Waals surface area contributed by atoms with E-state index in [1.807, 2.05) is 6.07 Å². The van der Waals surface area contributed by atoms with E-state index in [0.29, 0.717) is 6.54 Å². The van der Waals surface area contributed by atoms with Crippen LogP contribution in [0.2, 0.25) is 0 Å². The molecular weight excluding hydrogens is 230 g/mol. The second-order valence-electron chi connectivity index (χ2n) is 4.35. The second kappa shape index (κ2) is 5.49. The average Bonchev–Trinajstić information content (AvgIpc) is 2.81. The Labute approximate surface area is 105 Å². The Morgan fingerprint density at radius 1 is 1.22 bits per heavy atom. The van der Waals surface area contributed by atoms with Crippen molar-refractivity contribution >= 4 is 11.9 Å². The van der Waals surface area contributed by atoms with Crippen molar-refractivity contribution in [3.8, 4) is 0 Å². The molecule has 0 aromatic heterocycles. The first-order valence-electron chi connectivity index (χ1n) is 5.94. The minimum atomic E-state index is -1.12. The highest BCUT2D eigenvalue weighted by Gasteiger charge is 2.10. The highest BCUT2D eigenvalue weighted by molar-refractivity contribution is 5.93. The lowest BCUT2D eigenvalue weighted by Crippen LogP contribution is -2.20. The van der Waals surface area contributed by atoms with Crippen LogP contribution in [-0.4, -0.2) is 17.0 Å². The SMILES string of the molecule is O=C(O)/C=C/C(=O)NCc1ccc2c(c1)CCC2. The molecule has 1 aliphatic rings. The Hall–Kier alpha value is -2.10. The van der Waals surface area contributed by atoms with Crippen LogP contribution in [0.15, 0.2) is 30.4 Å². The smallest absolute Gasteiger partial charge is 0.328 e. The standard InChI is InChI=1S/C14H15NO3/c16-13(6-7-14(17)18)15-9-10-4-5-11-2-1-3-12(11)8-10/h4-8H,1-3,9H2,(H,15,16)(H,17,18)/b7-6+. The van der Waals surface area contributed by atoms with E-state index in [1.165, 1.54) is 17.5 Å². The number of hydrogen-bond acceptors (Lipinski definition) is 2. The molecule has 4 heteroatoms. The quantitative estimate of drug-likeness (QED) is 0.789. The molecule has 0 saturated heterocycles. The van der Waals surface area contributed by atoms with Gasteiger partial charge in [-0.2, -0.15) is 0 Å². The number of nitrogens with one attached hydrogen (secondary N) is 1. The van der Waals surface area contributed by atoms with Crippen LogP contribution in [0, 0.1) is 0 Å². The molecule has 1 aliphatic carbocycles. The van der Waals surface area contributed by atoms with Gasteiger partial charge in [0.1, 0.15) is 0 Å². The normalized spacial score (nSPS) is 13.6. The number of amides is 1.